The minimum absolute atomic E-state index is 0.817. The summed E-state index contributed by atoms with van der Waals surface area (Å²) in [5, 5.41) is 3.39. The summed E-state index contributed by atoms with van der Waals surface area (Å²) in [4.78, 5) is 2.69. The summed E-state index contributed by atoms with van der Waals surface area (Å²) < 4.78 is 0. The summed E-state index contributed by atoms with van der Waals surface area (Å²) in [7, 11) is 0. The molecule has 16 heavy (non-hydrogen) atoms. The first-order chi connectivity index (χ1) is 7.74. The van der Waals surface area contributed by atoms with Gasteiger partial charge in [0.1, 0.15) is 0 Å². The fourth-order valence-electron chi connectivity index (χ4n) is 2.71. The van der Waals surface area contributed by atoms with E-state index >= 15 is 0 Å². The predicted octanol–water partition coefficient (Wildman–Crippen LogP) is 2.89. The highest BCUT2D eigenvalue weighted by Gasteiger charge is 2.21. The molecule has 1 heterocycles. The molecule has 0 aromatic rings. The van der Waals surface area contributed by atoms with E-state index in [0.29, 0.717) is 0 Å². The lowest BCUT2D eigenvalue weighted by molar-refractivity contribution is 0.127. The fraction of sp³-hybridized carbons (Fsp3) is 1.00. The van der Waals surface area contributed by atoms with Crippen LogP contribution < -0.4 is 5.32 Å². The Morgan fingerprint density at radius 1 is 1.19 bits per heavy atom. The molecule has 2 unspecified atom stereocenters. The first-order valence-electron chi connectivity index (χ1n) is 7.18. The van der Waals surface area contributed by atoms with Crippen LogP contribution in [0.4, 0.5) is 0 Å². The second-order valence-electron chi connectivity index (χ2n) is 5.43. The molecule has 0 aromatic carbocycles. The van der Waals surface area contributed by atoms with Gasteiger partial charge in [0.15, 0.2) is 0 Å². The van der Waals surface area contributed by atoms with Gasteiger partial charge in [-0.25, -0.2) is 0 Å². The van der Waals surface area contributed by atoms with E-state index in [1.54, 1.807) is 0 Å². The van der Waals surface area contributed by atoms with E-state index in [1.165, 1.54) is 51.7 Å². The Morgan fingerprint density at radius 2 is 2.00 bits per heavy atom. The second-order valence-corrected chi connectivity index (χ2v) is 5.43. The summed E-state index contributed by atoms with van der Waals surface area (Å²) in [6.07, 6.45) is 6.90. The van der Waals surface area contributed by atoms with Crippen molar-refractivity contribution in [1.29, 1.82) is 0 Å². The third-order valence-corrected chi connectivity index (χ3v) is 3.82. The topological polar surface area (TPSA) is 15.3 Å². The molecular formula is C14H30N2. The third kappa shape index (κ3) is 5.31. The third-order valence-electron chi connectivity index (χ3n) is 3.82. The van der Waals surface area contributed by atoms with Crippen LogP contribution in [0.15, 0.2) is 0 Å². The number of piperidine rings is 1. The Labute approximate surface area is 102 Å². The Bertz CT molecular complexity index is 170. The van der Waals surface area contributed by atoms with Gasteiger partial charge in [-0.15, -0.1) is 0 Å². The summed E-state index contributed by atoms with van der Waals surface area (Å²) in [6.45, 7) is 11.9. The number of hydrogen-bond donors (Lipinski definition) is 1. The number of rotatable bonds is 7. The normalized spacial score (nSPS) is 27.2. The molecular weight excluding hydrogens is 196 g/mol. The first kappa shape index (κ1) is 14.0. The lowest BCUT2D eigenvalue weighted by Crippen LogP contribution is -2.40. The molecule has 0 spiro atoms. The minimum Gasteiger partial charge on any atom is -0.317 e. The molecule has 1 rings (SSSR count). The van der Waals surface area contributed by atoms with Crippen LogP contribution in [0.2, 0.25) is 0 Å². The zero-order valence-electron chi connectivity index (χ0n) is 11.5. The molecule has 1 N–H and O–H groups in total. The molecule has 1 saturated heterocycles. The van der Waals surface area contributed by atoms with Crippen LogP contribution in [0.25, 0.3) is 0 Å². The fourth-order valence-corrected chi connectivity index (χ4v) is 2.71. The average molecular weight is 226 g/mol. The van der Waals surface area contributed by atoms with Crippen molar-refractivity contribution in [1.82, 2.24) is 10.2 Å². The molecule has 2 atom stereocenters. The van der Waals surface area contributed by atoms with E-state index in [2.05, 4.69) is 31.0 Å². The number of nitrogens with zero attached hydrogens (tertiary/aromatic N) is 1. The molecule has 0 amide bonds. The molecule has 0 bridgehead atoms. The molecule has 1 fully saturated rings. The molecule has 0 aromatic heterocycles. The zero-order valence-corrected chi connectivity index (χ0v) is 11.5. The van der Waals surface area contributed by atoms with Crippen molar-refractivity contribution in [3.63, 3.8) is 0 Å². The quantitative estimate of drug-likeness (QED) is 0.672. The van der Waals surface area contributed by atoms with E-state index in [-0.39, 0.29) is 0 Å². The van der Waals surface area contributed by atoms with E-state index in [1.807, 2.05) is 0 Å². The lowest BCUT2D eigenvalue weighted by atomic mass is 9.93. The molecule has 0 aliphatic carbocycles. The van der Waals surface area contributed by atoms with Crippen LogP contribution in [0.5, 0.6) is 0 Å². The summed E-state index contributed by atoms with van der Waals surface area (Å²) in [6, 6.07) is 0.817. The van der Waals surface area contributed by atoms with Crippen molar-refractivity contribution >= 4 is 0 Å². The van der Waals surface area contributed by atoms with Crippen molar-refractivity contribution in [2.24, 2.45) is 5.92 Å². The van der Waals surface area contributed by atoms with Crippen molar-refractivity contribution in [3.05, 3.63) is 0 Å². The van der Waals surface area contributed by atoms with Gasteiger partial charge >= 0.3 is 0 Å². The minimum atomic E-state index is 0.817. The largest absolute Gasteiger partial charge is 0.317 e. The van der Waals surface area contributed by atoms with Crippen LogP contribution in [0.1, 0.15) is 52.9 Å². The Morgan fingerprint density at radius 3 is 2.69 bits per heavy atom. The van der Waals surface area contributed by atoms with Crippen molar-refractivity contribution in [2.75, 3.05) is 26.2 Å². The van der Waals surface area contributed by atoms with Gasteiger partial charge in [-0.05, 0) is 64.7 Å². The van der Waals surface area contributed by atoms with E-state index in [4.69, 9.17) is 0 Å². The maximum absolute atomic E-state index is 3.39. The Hall–Kier alpha value is -0.0800. The van der Waals surface area contributed by atoms with Crippen molar-refractivity contribution in [3.8, 4) is 0 Å². The monoisotopic (exact) mass is 226 g/mol. The Balaban J connectivity index is 2.00. The van der Waals surface area contributed by atoms with Gasteiger partial charge in [-0.1, -0.05) is 20.3 Å². The van der Waals surface area contributed by atoms with E-state index < -0.39 is 0 Å². The SMILES string of the molecule is CCNCCCCCN1CCC(C)CC1C. The maximum atomic E-state index is 3.39. The molecule has 96 valence electrons. The molecule has 0 radical (unpaired) electrons. The van der Waals surface area contributed by atoms with E-state index in [9.17, 15) is 0 Å². The smallest absolute Gasteiger partial charge is 0.00694 e. The molecule has 1 aliphatic heterocycles. The zero-order chi connectivity index (χ0) is 11.8. The lowest BCUT2D eigenvalue weighted by Gasteiger charge is -2.36. The molecule has 0 saturated carbocycles. The standard InChI is InChI=1S/C14H30N2/c1-4-15-9-6-5-7-10-16-11-8-13(2)12-14(16)3/h13-15H,4-12H2,1-3H3. The summed E-state index contributed by atoms with van der Waals surface area (Å²) in [5.41, 5.74) is 0. The first-order valence-corrected chi connectivity index (χ1v) is 7.18. The van der Waals surface area contributed by atoms with Crippen LogP contribution in [-0.4, -0.2) is 37.1 Å². The molecule has 2 heteroatoms. The van der Waals surface area contributed by atoms with Gasteiger partial charge in [0.05, 0.1) is 0 Å². The summed E-state index contributed by atoms with van der Waals surface area (Å²) >= 11 is 0. The van der Waals surface area contributed by atoms with Crippen LogP contribution in [-0.2, 0) is 0 Å². The maximum Gasteiger partial charge on any atom is 0.00694 e. The highest BCUT2D eigenvalue weighted by molar-refractivity contribution is 4.76. The van der Waals surface area contributed by atoms with Gasteiger partial charge in [-0.3, -0.25) is 0 Å². The number of nitrogens with one attached hydrogen (secondary N) is 1. The van der Waals surface area contributed by atoms with Gasteiger partial charge in [0.25, 0.3) is 0 Å². The molecule has 2 nitrogen and oxygen atoms in total. The second kappa shape index (κ2) is 8.08. The highest BCUT2D eigenvalue weighted by Crippen LogP contribution is 2.22. The van der Waals surface area contributed by atoms with E-state index in [0.717, 1.165) is 18.5 Å². The van der Waals surface area contributed by atoms with Gasteiger partial charge < -0.3 is 10.2 Å². The number of hydrogen-bond acceptors (Lipinski definition) is 2. The highest BCUT2D eigenvalue weighted by atomic mass is 15.2. The van der Waals surface area contributed by atoms with Crippen molar-refractivity contribution < 1.29 is 0 Å². The van der Waals surface area contributed by atoms with Gasteiger partial charge in [0, 0.05) is 6.04 Å². The van der Waals surface area contributed by atoms with Gasteiger partial charge in [0.2, 0.25) is 0 Å². The van der Waals surface area contributed by atoms with Gasteiger partial charge in [-0.2, -0.15) is 0 Å². The van der Waals surface area contributed by atoms with Crippen LogP contribution in [0.3, 0.4) is 0 Å². The predicted molar refractivity (Wildman–Crippen MR) is 71.8 cm³/mol. The van der Waals surface area contributed by atoms with Crippen LogP contribution in [0, 0.1) is 5.92 Å². The number of unbranched alkanes of at least 4 members (excludes halogenated alkanes) is 2. The molecule has 1 aliphatic rings. The average Bonchev–Trinajstić information content (AvgIpc) is 2.26. The number of likely N-dealkylation sites (tertiary alicyclic amines) is 1. The van der Waals surface area contributed by atoms with Crippen molar-refractivity contribution in [2.45, 2.75) is 58.9 Å². The summed E-state index contributed by atoms with van der Waals surface area (Å²) in [5.74, 6) is 0.944. The Kier molecular flexibility index (Phi) is 7.06. The van der Waals surface area contributed by atoms with Crippen LogP contribution >= 0.6 is 0 Å².